The van der Waals surface area contributed by atoms with Crippen molar-refractivity contribution in [2.45, 2.75) is 76.4 Å². The van der Waals surface area contributed by atoms with Crippen LogP contribution < -0.4 is 0 Å². The van der Waals surface area contributed by atoms with Gasteiger partial charge in [-0.25, -0.2) is 0 Å². The first-order chi connectivity index (χ1) is 9.65. The normalized spacial score (nSPS) is 45.9. The van der Waals surface area contributed by atoms with Gasteiger partial charge in [0.1, 0.15) is 0 Å². The number of nitriles is 1. The highest BCUT2D eigenvalue weighted by Gasteiger charge is 2.60. The zero-order chi connectivity index (χ0) is 14.2. The van der Waals surface area contributed by atoms with Crippen LogP contribution >= 0.6 is 0 Å². The summed E-state index contributed by atoms with van der Waals surface area (Å²) >= 11 is 0. The zero-order valence-corrected chi connectivity index (χ0v) is 12.8. The standard InChI is InChI=1S/C17H28N2O/c1-2-14-6-8-16(13-18,9-7-14)17(20)10-12-19-11-4-3-5-15(17)19/h14-15,20H,2-12H2,1H3. The van der Waals surface area contributed by atoms with E-state index in [0.717, 1.165) is 57.5 Å². The summed E-state index contributed by atoms with van der Waals surface area (Å²) in [6.07, 6.45) is 9.63. The molecule has 3 nitrogen and oxygen atoms in total. The van der Waals surface area contributed by atoms with E-state index in [0.29, 0.717) is 0 Å². The van der Waals surface area contributed by atoms with E-state index in [2.05, 4.69) is 17.9 Å². The topological polar surface area (TPSA) is 47.3 Å². The zero-order valence-electron chi connectivity index (χ0n) is 12.8. The predicted molar refractivity (Wildman–Crippen MR) is 79.1 cm³/mol. The molecule has 2 heterocycles. The third-order valence-electron chi connectivity index (χ3n) is 6.52. The van der Waals surface area contributed by atoms with Crippen molar-refractivity contribution < 1.29 is 5.11 Å². The summed E-state index contributed by atoms with van der Waals surface area (Å²) in [4.78, 5) is 2.45. The Bertz CT molecular complexity index is 394. The molecule has 0 aromatic carbocycles. The molecule has 3 aliphatic rings. The maximum Gasteiger partial charge on any atom is 0.0999 e. The van der Waals surface area contributed by atoms with Crippen LogP contribution in [-0.4, -0.2) is 34.7 Å². The highest BCUT2D eigenvalue weighted by Crippen LogP contribution is 2.53. The van der Waals surface area contributed by atoms with Gasteiger partial charge in [0.15, 0.2) is 0 Å². The van der Waals surface area contributed by atoms with Crippen molar-refractivity contribution in [1.29, 1.82) is 5.26 Å². The van der Waals surface area contributed by atoms with Gasteiger partial charge in [-0.05, 0) is 57.4 Å². The summed E-state index contributed by atoms with van der Waals surface area (Å²) in [6.45, 7) is 4.35. The second-order valence-electron chi connectivity index (χ2n) is 7.27. The summed E-state index contributed by atoms with van der Waals surface area (Å²) < 4.78 is 0. The lowest BCUT2D eigenvalue weighted by Gasteiger charge is -2.49. The number of rotatable bonds is 2. The van der Waals surface area contributed by atoms with E-state index in [4.69, 9.17) is 0 Å². The highest BCUT2D eigenvalue weighted by atomic mass is 16.3. The van der Waals surface area contributed by atoms with Gasteiger partial charge in [0, 0.05) is 12.6 Å². The van der Waals surface area contributed by atoms with E-state index < -0.39 is 11.0 Å². The minimum Gasteiger partial charge on any atom is -0.387 e. The number of piperidine rings is 1. The second kappa shape index (κ2) is 5.31. The Labute approximate surface area is 123 Å². The van der Waals surface area contributed by atoms with E-state index in [-0.39, 0.29) is 6.04 Å². The Hall–Kier alpha value is -0.590. The minimum atomic E-state index is -0.749. The molecule has 2 unspecified atom stereocenters. The van der Waals surface area contributed by atoms with Crippen LogP contribution in [-0.2, 0) is 0 Å². The molecular weight excluding hydrogens is 248 g/mol. The molecule has 2 saturated heterocycles. The largest absolute Gasteiger partial charge is 0.387 e. The van der Waals surface area contributed by atoms with Crippen LogP contribution in [0.1, 0.15) is 64.7 Å². The third-order valence-corrected chi connectivity index (χ3v) is 6.52. The van der Waals surface area contributed by atoms with E-state index in [1.807, 2.05) is 0 Å². The SMILES string of the molecule is CCC1CCC(C#N)(C2(O)CCN3CCCCC32)CC1. The molecule has 1 aliphatic carbocycles. The van der Waals surface area contributed by atoms with Gasteiger partial charge in [0.2, 0.25) is 0 Å². The summed E-state index contributed by atoms with van der Waals surface area (Å²) in [5.74, 6) is 0.768. The predicted octanol–water partition coefficient (Wildman–Crippen LogP) is 3.09. The van der Waals surface area contributed by atoms with Crippen LogP contribution in [0.5, 0.6) is 0 Å². The first-order valence-electron chi connectivity index (χ1n) is 8.53. The van der Waals surface area contributed by atoms with Crippen molar-refractivity contribution >= 4 is 0 Å². The van der Waals surface area contributed by atoms with Crippen LogP contribution in [0.4, 0.5) is 0 Å². The van der Waals surface area contributed by atoms with Gasteiger partial charge in [0.25, 0.3) is 0 Å². The van der Waals surface area contributed by atoms with E-state index >= 15 is 0 Å². The molecule has 1 saturated carbocycles. The molecule has 0 bridgehead atoms. The van der Waals surface area contributed by atoms with Gasteiger partial charge in [-0.3, -0.25) is 4.90 Å². The Kier molecular flexibility index (Phi) is 3.81. The van der Waals surface area contributed by atoms with Gasteiger partial charge >= 0.3 is 0 Å². The minimum absolute atomic E-state index is 0.245. The lowest BCUT2D eigenvalue weighted by molar-refractivity contribution is -0.105. The van der Waals surface area contributed by atoms with E-state index in [1.54, 1.807) is 0 Å². The number of hydrogen-bond donors (Lipinski definition) is 1. The van der Waals surface area contributed by atoms with Crippen molar-refractivity contribution in [1.82, 2.24) is 4.90 Å². The van der Waals surface area contributed by atoms with Gasteiger partial charge in [-0.2, -0.15) is 5.26 Å². The van der Waals surface area contributed by atoms with Crippen molar-refractivity contribution in [3.8, 4) is 6.07 Å². The van der Waals surface area contributed by atoms with Crippen LogP contribution in [0.15, 0.2) is 0 Å². The average Bonchev–Trinajstić information content (AvgIpc) is 2.87. The van der Waals surface area contributed by atoms with Crippen LogP contribution in [0.2, 0.25) is 0 Å². The van der Waals surface area contributed by atoms with Crippen molar-refractivity contribution in [2.24, 2.45) is 11.3 Å². The molecule has 20 heavy (non-hydrogen) atoms. The smallest absolute Gasteiger partial charge is 0.0999 e. The van der Waals surface area contributed by atoms with Crippen molar-refractivity contribution in [3.05, 3.63) is 0 Å². The summed E-state index contributed by atoms with van der Waals surface area (Å²) in [6, 6.07) is 2.85. The first kappa shape index (κ1) is 14.4. The molecule has 0 aromatic heterocycles. The molecule has 3 rings (SSSR count). The maximum absolute atomic E-state index is 11.5. The molecule has 1 N–H and O–H groups in total. The van der Waals surface area contributed by atoms with Gasteiger partial charge in [-0.15, -0.1) is 0 Å². The summed E-state index contributed by atoms with van der Waals surface area (Å²) in [5, 5.41) is 21.3. The Balaban J connectivity index is 1.84. The molecule has 0 radical (unpaired) electrons. The number of aliphatic hydroxyl groups is 1. The quantitative estimate of drug-likeness (QED) is 0.843. The molecule has 2 aliphatic heterocycles. The lowest BCUT2D eigenvalue weighted by atomic mass is 9.59. The summed E-state index contributed by atoms with van der Waals surface area (Å²) in [7, 11) is 0. The number of fused-ring (bicyclic) bond motifs is 1. The molecule has 0 spiro atoms. The molecular formula is C17H28N2O. The summed E-state index contributed by atoms with van der Waals surface area (Å²) in [5.41, 5.74) is -1.23. The number of nitrogens with zero attached hydrogens (tertiary/aromatic N) is 2. The Morgan fingerprint density at radius 2 is 1.90 bits per heavy atom. The van der Waals surface area contributed by atoms with Gasteiger partial charge < -0.3 is 5.11 Å². The number of hydrogen-bond acceptors (Lipinski definition) is 3. The molecule has 3 fully saturated rings. The molecule has 3 heteroatoms. The molecule has 2 atom stereocenters. The van der Waals surface area contributed by atoms with Crippen LogP contribution in [0.25, 0.3) is 0 Å². The fraction of sp³-hybridized carbons (Fsp3) is 0.941. The van der Waals surface area contributed by atoms with Gasteiger partial charge in [-0.1, -0.05) is 19.8 Å². The second-order valence-corrected chi connectivity index (χ2v) is 7.27. The van der Waals surface area contributed by atoms with Gasteiger partial charge in [0.05, 0.1) is 17.1 Å². The molecule has 112 valence electrons. The molecule has 0 aromatic rings. The Morgan fingerprint density at radius 3 is 2.55 bits per heavy atom. The van der Waals surface area contributed by atoms with Crippen molar-refractivity contribution in [3.63, 3.8) is 0 Å². The highest BCUT2D eigenvalue weighted by molar-refractivity contribution is 5.19. The monoisotopic (exact) mass is 276 g/mol. The third kappa shape index (κ3) is 2.00. The van der Waals surface area contributed by atoms with Crippen LogP contribution in [0, 0.1) is 22.7 Å². The first-order valence-corrected chi connectivity index (χ1v) is 8.53. The molecule has 0 amide bonds. The fourth-order valence-corrected chi connectivity index (χ4v) is 5.06. The fourth-order valence-electron chi connectivity index (χ4n) is 5.06. The Morgan fingerprint density at radius 1 is 1.15 bits per heavy atom. The lowest BCUT2D eigenvalue weighted by Crippen LogP contribution is -2.58. The average molecular weight is 276 g/mol. The maximum atomic E-state index is 11.5. The van der Waals surface area contributed by atoms with E-state index in [1.165, 1.54) is 19.3 Å². The van der Waals surface area contributed by atoms with Crippen molar-refractivity contribution in [2.75, 3.05) is 13.1 Å². The van der Waals surface area contributed by atoms with Crippen LogP contribution in [0.3, 0.4) is 0 Å². The van der Waals surface area contributed by atoms with E-state index in [9.17, 15) is 10.4 Å².